The molecule has 1 aliphatic rings. The van der Waals surface area contributed by atoms with Crippen LogP contribution in [0.25, 0.3) is 0 Å². The molecular formula is C32H33F6N5O6. The number of nitrogens with two attached hydrogens (primary N) is 1. The minimum atomic E-state index is -4.59. The van der Waals surface area contributed by atoms with Crippen molar-refractivity contribution in [3.63, 3.8) is 0 Å². The molecule has 0 bridgehead atoms. The number of hydrogen-bond donors (Lipinski definition) is 3. The minimum Gasteiger partial charge on any atom is -0.452 e. The van der Waals surface area contributed by atoms with E-state index in [0.717, 1.165) is 31.6 Å². The maximum atomic E-state index is 15.3. The van der Waals surface area contributed by atoms with Crippen LogP contribution in [0, 0.1) is 17.5 Å². The summed E-state index contributed by atoms with van der Waals surface area (Å²) in [4.78, 5) is 43.0. The average Bonchev–Trinajstić information content (AvgIpc) is 3.06. The van der Waals surface area contributed by atoms with Crippen LogP contribution in [0.4, 0.5) is 41.6 Å². The fraction of sp³-hybridized carbons (Fsp3) is 0.375. The van der Waals surface area contributed by atoms with Gasteiger partial charge in [0.2, 0.25) is 0 Å². The van der Waals surface area contributed by atoms with Crippen LogP contribution >= 0.6 is 0 Å². The highest BCUT2D eigenvalue weighted by molar-refractivity contribution is 6.15. The maximum Gasteiger partial charge on any atom is 0.421 e. The molecule has 11 nitrogen and oxygen atoms in total. The third-order valence-electron chi connectivity index (χ3n) is 7.59. The summed E-state index contributed by atoms with van der Waals surface area (Å²) in [5.74, 6) is -4.38. The molecule has 264 valence electrons. The van der Waals surface area contributed by atoms with Crippen molar-refractivity contribution in [3.8, 4) is 0 Å². The van der Waals surface area contributed by atoms with Crippen LogP contribution < -0.4 is 21.3 Å². The molecule has 1 aliphatic heterocycles. The fourth-order valence-corrected chi connectivity index (χ4v) is 5.25. The Kier molecular flexibility index (Phi) is 12.5. The number of aromatic nitrogens is 1. The molecule has 3 amide bonds. The number of halogens is 6. The smallest absolute Gasteiger partial charge is 0.421 e. The number of carbonyl (C=O) groups excluding carboxylic acids is 3. The summed E-state index contributed by atoms with van der Waals surface area (Å²) in [7, 11) is 0.999. The molecule has 0 unspecified atom stereocenters. The highest BCUT2D eigenvalue weighted by atomic mass is 19.4. The minimum absolute atomic E-state index is 0.00603. The monoisotopic (exact) mass is 697 g/mol. The maximum absolute atomic E-state index is 15.3. The lowest BCUT2D eigenvalue weighted by atomic mass is 9.84. The van der Waals surface area contributed by atoms with Crippen LogP contribution in [-0.4, -0.2) is 80.9 Å². The number of alkyl halides is 3. The lowest BCUT2D eigenvalue weighted by molar-refractivity contribution is -0.124. The molecule has 4 N–H and O–H groups in total. The van der Waals surface area contributed by atoms with Gasteiger partial charge in [-0.1, -0.05) is 24.3 Å². The molecule has 17 heteroatoms. The first-order valence-corrected chi connectivity index (χ1v) is 14.9. The zero-order valence-electron chi connectivity index (χ0n) is 26.0. The van der Waals surface area contributed by atoms with Gasteiger partial charge in [-0.3, -0.25) is 9.78 Å². The van der Waals surface area contributed by atoms with E-state index in [9.17, 15) is 36.3 Å². The molecule has 0 spiro atoms. The van der Waals surface area contributed by atoms with Gasteiger partial charge in [0.25, 0.3) is 5.91 Å². The van der Waals surface area contributed by atoms with Gasteiger partial charge in [0.05, 0.1) is 50.0 Å². The number of alkyl carbamates (subject to hydrolysis) is 1. The van der Waals surface area contributed by atoms with E-state index in [0.29, 0.717) is 4.90 Å². The van der Waals surface area contributed by atoms with Gasteiger partial charge >= 0.3 is 18.4 Å². The number of hydrogen-bond acceptors (Lipinski definition) is 9. The van der Waals surface area contributed by atoms with E-state index in [1.165, 1.54) is 36.4 Å². The molecule has 2 aromatic carbocycles. The van der Waals surface area contributed by atoms with Crippen LogP contribution in [0.3, 0.4) is 0 Å². The summed E-state index contributed by atoms with van der Waals surface area (Å²) in [6.07, 6.45) is -5.53. The van der Waals surface area contributed by atoms with E-state index in [4.69, 9.17) is 19.9 Å². The number of nitrogens with zero attached hydrogens (tertiary/aromatic N) is 2. The molecule has 0 saturated carbocycles. The van der Waals surface area contributed by atoms with Crippen molar-refractivity contribution in [2.75, 3.05) is 38.3 Å². The van der Waals surface area contributed by atoms with Crippen LogP contribution in [0.15, 0.2) is 60.9 Å². The van der Waals surface area contributed by atoms with Gasteiger partial charge in [-0.15, -0.1) is 0 Å². The van der Waals surface area contributed by atoms with Gasteiger partial charge < -0.3 is 30.6 Å². The first kappa shape index (κ1) is 37.1. The second kappa shape index (κ2) is 16.6. The number of ether oxygens (including phenoxy) is 3. The van der Waals surface area contributed by atoms with Crippen LogP contribution in [0.1, 0.15) is 29.0 Å². The Labute approximate surface area is 276 Å². The Bertz CT molecular complexity index is 1580. The standard InChI is InChI=1S/C32H33F6N5O6/c1-47-31(46)43(29(44)28(39)27(18-4-2-6-20(33)10-18)19-5-3-7-21(34)11-19)26-14-40-13-25(35)24(26)9-8-23-12-41-22(15-48-23)16-49-30(45)42-17-32(36,37)38/h2-7,10-11,13-14,22-23,27-28,41H,8-9,12,15-17,39H2,1H3,(H,42,45)/t22-,23+,28-/m0/s1. The molecule has 1 fully saturated rings. The number of nitrogens with one attached hydrogen (secondary N) is 2. The van der Waals surface area contributed by atoms with Crippen molar-refractivity contribution >= 4 is 23.8 Å². The Hall–Kier alpha value is -4.74. The molecule has 49 heavy (non-hydrogen) atoms. The number of amides is 3. The molecule has 1 aromatic heterocycles. The van der Waals surface area contributed by atoms with Crippen LogP contribution in [-0.2, 0) is 25.4 Å². The van der Waals surface area contributed by atoms with Gasteiger partial charge in [0, 0.05) is 18.0 Å². The fourth-order valence-electron chi connectivity index (χ4n) is 5.25. The summed E-state index contributed by atoms with van der Waals surface area (Å²) in [5, 5.41) is 4.62. The third-order valence-corrected chi connectivity index (χ3v) is 7.59. The Morgan fingerprint density at radius 3 is 2.29 bits per heavy atom. The van der Waals surface area contributed by atoms with E-state index in [1.807, 2.05) is 0 Å². The molecule has 2 heterocycles. The summed E-state index contributed by atoms with van der Waals surface area (Å²) >= 11 is 0. The number of morpholine rings is 1. The van der Waals surface area contributed by atoms with E-state index in [1.54, 1.807) is 5.32 Å². The second-order valence-electron chi connectivity index (χ2n) is 11.0. The predicted octanol–water partition coefficient (Wildman–Crippen LogP) is 4.34. The number of benzene rings is 2. The van der Waals surface area contributed by atoms with Gasteiger partial charge in [0.15, 0.2) is 0 Å². The Morgan fingerprint density at radius 2 is 1.73 bits per heavy atom. The quantitative estimate of drug-likeness (QED) is 0.249. The van der Waals surface area contributed by atoms with Gasteiger partial charge in [0.1, 0.15) is 30.6 Å². The highest BCUT2D eigenvalue weighted by Crippen LogP contribution is 2.32. The number of anilines is 1. The summed E-state index contributed by atoms with van der Waals surface area (Å²) in [6.45, 7) is -1.62. The van der Waals surface area contributed by atoms with Crippen LogP contribution in [0.2, 0.25) is 0 Å². The van der Waals surface area contributed by atoms with Crippen molar-refractivity contribution in [3.05, 3.63) is 95.1 Å². The normalized spacial score (nSPS) is 16.9. The molecule has 1 saturated heterocycles. The van der Waals surface area contributed by atoms with Crippen molar-refractivity contribution in [1.82, 2.24) is 15.6 Å². The predicted molar refractivity (Wildman–Crippen MR) is 162 cm³/mol. The van der Waals surface area contributed by atoms with Gasteiger partial charge in [-0.25, -0.2) is 27.7 Å². The van der Waals surface area contributed by atoms with E-state index < -0.39 is 72.4 Å². The molecule has 4 rings (SSSR count). The van der Waals surface area contributed by atoms with E-state index in [2.05, 4.69) is 10.3 Å². The van der Waals surface area contributed by atoms with E-state index >= 15 is 4.39 Å². The topological polar surface area (TPSA) is 145 Å². The number of methoxy groups -OCH3 is 1. The molecular weight excluding hydrogens is 664 g/mol. The van der Waals surface area contributed by atoms with Crippen molar-refractivity contribution in [1.29, 1.82) is 0 Å². The summed E-state index contributed by atoms with van der Waals surface area (Å²) in [5.41, 5.74) is 6.49. The van der Waals surface area contributed by atoms with Gasteiger partial charge in [-0.2, -0.15) is 13.2 Å². The first-order valence-electron chi connectivity index (χ1n) is 14.9. The zero-order valence-corrected chi connectivity index (χ0v) is 26.0. The van der Waals surface area contributed by atoms with Crippen molar-refractivity contribution in [2.45, 2.75) is 43.1 Å². The molecule has 0 radical (unpaired) electrons. The molecule has 3 aromatic rings. The van der Waals surface area contributed by atoms with Crippen molar-refractivity contribution < 1.29 is 54.9 Å². The number of imide groups is 1. The van der Waals surface area contributed by atoms with Crippen LogP contribution in [0.5, 0.6) is 0 Å². The largest absolute Gasteiger partial charge is 0.452 e. The number of carbonyl (C=O) groups is 3. The molecule has 3 atom stereocenters. The van der Waals surface area contributed by atoms with Crippen molar-refractivity contribution in [2.24, 2.45) is 5.73 Å². The summed E-state index contributed by atoms with van der Waals surface area (Å²) < 4.78 is 96.0. The molecule has 0 aliphatic carbocycles. The third kappa shape index (κ3) is 10.1. The summed E-state index contributed by atoms with van der Waals surface area (Å²) in [6, 6.07) is 8.18. The first-order chi connectivity index (χ1) is 23.3. The second-order valence-corrected chi connectivity index (χ2v) is 11.0. The van der Waals surface area contributed by atoms with E-state index in [-0.39, 0.29) is 55.0 Å². The highest BCUT2D eigenvalue weighted by Gasteiger charge is 2.37. The zero-order chi connectivity index (χ0) is 35.7. The van der Waals surface area contributed by atoms with Gasteiger partial charge in [-0.05, 0) is 48.2 Å². The lowest BCUT2D eigenvalue weighted by Gasteiger charge is -2.31. The number of rotatable bonds is 11. The number of pyridine rings is 1. The Balaban J connectivity index is 1.50. The lowest BCUT2D eigenvalue weighted by Crippen LogP contribution is -2.50. The SMILES string of the molecule is COC(=O)N(C(=O)[C@@H](N)C(c1cccc(F)c1)c1cccc(F)c1)c1cncc(F)c1CC[C@@H]1CN[C@H](COC(=O)NCC(F)(F)F)CO1. The Morgan fingerprint density at radius 1 is 1.08 bits per heavy atom. The average molecular weight is 698 g/mol.